The molecule has 34 heavy (non-hydrogen) atoms. The fraction of sp³-hybridized carbons (Fsp3) is 0.462. The average molecular weight is 462 g/mol. The molecular weight excluding hydrogens is 430 g/mol. The Hall–Kier alpha value is -3.44. The van der Waals surface area contributed by atoms with Gasteiger partial charge in [0, 0.05) is 31.3 Å². The number of benzene rings is 1. The number of nitriles is 1. The maximum absolute atomic E-state index is 12.8. The van der Waals surface area contributed by atoms with Crippen molar-refractivity contribution in [2.45, 2.75) is 58.5 Å². The highest BCUT2D eigenvalue weighted by Gasteiger charge is 2.35. The van der Waals surface area contributed by atoms with Crippen molar-refractivity contribution < 1.29 is 14.7 Å². The lowest BCUT2D eigenvalue weighted by Gasteiger charge is -2.38. The minimum absolute atomic E-state index is 0.0215. The largest absolute Gasteiger partial charge is 0.385 e. The van der Waals surface area contributed by atoms with E-state index in [-0.39, 0.29) is 22.8 Å². The molecule has 0 unspecified atom stereocenters. The van der Waals surface area contributed by atoms with Crippen LogP contribution in [-0.2, 0) is 10.4 Å². The van der Waals surface area contributed by atoms with E-state index in [2.05, 4.69) is 35.2 Å². The fourth-order valence-electron chi connectivity index (χ4n) is 4.68. The molecule has 0 saturated carbocycles. The summed E-state index contributed by atoms with van der Waals surface area (Å²) in [7, 11) is 0. The van der Waals surface area contributed by atoms with Crippen molar-refractivity contribution >= 4 is 23.1 Å². The van der Waals surface area contributed by atoms with E-state index in [9.17, 15) is 14.7 Å². The van der Waals surface area contributed by atoms with Crippen LogP contribution >= 0.6 is 0 Å². The number of rotatable bonds is 4. The quantitative estimate of drug-likeness (QED) is 0.636. The highest BCUT2D eigenvalue weighted by Crippen LogP contribution is 2.42. The number of piperidine rings is 1. The second-order valence-electron chi connectivity index (χ2n) is 10.1. The summed E-state index contributed by atoms with van der Waals surface area (Å²) in [4.78, 5) is 33.0. The van der Waals surface area contributed by atoms with E-state index in [1.807, 2.05) is 24.3 Å². The number of nitrogens with zero attached hydrogens (tertiary/aromatic N) is 3. The van der Waals surface area contributed by atoms with E-state index in [0.717, 1.165) is 36.0 Å². The normalized spacial score (nSPS) is 19.1. The molecule has 8 heteroatoms. The molecule has 1 aromatic carbocycles. The molecule has 1 aromatic heterocycles. The van der Waals surface area contributed by atoms with Crippen LogP contribution < -0.4 is 5.32 Å². The molecule has 1 aliphatic carbocycles. The van der Waals surface area contributed by atoms with Gasteiger partial charge in [-0.15, -0.1) is 0 Å². The number of anilines is 1. The van der Waals surface area contributed by atoms with Crippen molar-refractivity contribution in [1.82, 2.24) is 14.9 Å². The van der Waals surface area contributed by atoms with Crippen LogP contribution in [0.15, 0.2) is 30.5 Å². The zero-order chi connectivity index (χ0) is 24.5. The number of carbonyl (C=O) groups is 2. The van der Waals surface area contributed by atoms with E-state index >= 15 is 0 Å². The summed E-state index contributed by atoms with van der Waals surface area (Å²) in [6.07, 6.45) is 7.31. The minimum atomic E-state index is -1.03. The molecule has 1 fully saturated rings. The Kier molecular flexibility index (Phi) is 6.32. The molecule has 2 aromatic rings. The lowest BCUT2D eigenvalue weighted by Crippen LogP contribution is -2.44. The van der Waals surface area contributed by atoms with Crippen LogP contribution in [0.1, 0.15) is 80.3 Å². The van der Waals surface area contributed by atoms with Gasteiger partial charge in [-0.1, -0.05) is 26.0 Å². The standard InChI is InChI=1S/C26H31N5O3/c1-17(32)31-12-10-26(34,11-13-31)19-4-5-22(30-24(33)23-28-16-20(15-27)29-23)21(14-19)18-6-8-25(2,3)9-7-18/h4-6,14,16,34H,7-13H2,1-3H3,(H,28,29)(H,30,33). The lowest BCUT2D eigenvalue weighted by atomic mass is 9.76. The fourth-order valence-corrected chi connectivity index (χ4v) is 4.68. The van der Waals surface area contributed by atoms with Crippen LogP contribution in [0.3, 0.4) is 0 Å². The minimum Gasteiger partial charge on any atom is -0.385 e. The first-order chi connectivity index (χ1) is 16.1. The third kappa shape index (κ3) is 4.90. The number of likely N-dealkylation sites (tertiary alicyclic amines) is 1. The van der Waals surface area contributed by atoms with Gasteiger partial charge in [0.25, 0.3) is 5.91 Å². The van der Waals surface area contributed by atoms with Gasteiger partial charge in [-0.3, -0.25) is 9.59 Å². The first kappa shape index (κ1) is 23.7. The third-order valence-electron chi connectivity index (χ3n) is 7.07. The summed E-state index contributed by atoms with van der Waals surface area (Å²) in [5.41, 5.74) is 2.87. The van der Waals surface area contributed by atoms with Crippen molar-refractivity contribution in [3.63, 3.8) is 0 Å². The number of imidazole rings is 1. The van der Waals surface area contributed by atoms with Gasteiger partial charge < -0.3 is 20.3 Å². The molecule has 2 amide bonds. The number of carbonyl (C=O) groups excluding carboxylic acids is 2. The monoisotopic (exact) mass is 461 g/mol. The molecule has 178 valence electrons. The predicted octanol–water partition coefficient (Wildman–Crippen LogP) is 3.96. The van der Waals surface area contributed by atoms with Gasteiger partial charge in [0.15, 0.2) is 5.82 Å². The van der Waals surface area contributed by atoms with Gasteiger partial charge in [0.1, 0.15) is 11.8 Å². The summed E-state index contributed by atoms with van der Waals surface area (Å²) in [5, 5.41) is 23.4. The average Bonchev–Trinajstić information content (AvgIpc) is 3.29. The molecule has 2 heterocycles. The number of aromatic nitrogens is 2. The Morgan fingerprint density at radius 3 is 2.56 bits per heavy atom. The number of hydrogen-bond acceptors (Lipinski definition) is 5. The zero-order valence-corrected chi connectivity index (χ0v) is 19.9. The number of amides is 2. The Morgan fingerprint density at radius 2 is 1.97 bits per heavy atom. The summed E-state index contributed by atoms with van der Waals surface area (Å²) in [5.74, 6) is -0.338. The van der Waals surface area contributed by atoms with Crippen LogP contribution in [0.2, 0.25) is 0 Å². The van der Waals surface area contributed by atoms with E-state index in [4.69, 9.17) is 5.26 Å². The van der Waals surface area contributed by atoms with Crippen LogP contribution in [0.4, 0.5) is 5.69 Å². The van der Waals surface area contributed by atoms with Gasteiger partial charge >= 0.3 is 0 Å². The highest BCUT2D eigenvalue weighted by molar-refractivity contribution is 6.03. The first-order valence-corrected chi connectivity index (χ1v) is 11.7. The first-order valence-electron chi connectivity index (χ1n) is 11.7. The second kappa shape index (κ2) is 9.07. The van der Waals surface area contributed by atoms with Crippen LogP contribution in [0.5, 0.6) is 0 Å². The smallest absolute Gasteiger partial charge is 0.291 e. The Bertz CT molecular complexity index is 1180. The lowest BCUT2D eigenvalue weighted by molar-refractivity contribution is -0.133. The van der Waals surface area contributed by atoms with Gasteiger partial charge in [0.05, 0.1) is 11.8 Å². The number of allylic oxidation sites excluding steroid dienone is 2. The molecule has 2 aliphatic rings. The molecule has 0 bridgehead atoms. The van der Waals surface area contributed by atoms with Crippen molar-refractivity contribution in [3.8, 4) is 6.07 Å². The van der Waals surface area contributed by atoms with Gasteiger partial charge in [-0.25, -0.2) is 4.98 Å². The Labute approximate surface area is 199 Å². The number of aliphatic hydroxyl groups is 1. The zero-order valence-electron chi connectivity index (χ0n) is 19.9. The summed E-state index contributed by atoms with van der Waals surface area (Å²) >= 11 is 0. The highest BCUT2D eigenvalue weighted by atomic mass is 16.3. The maximum atomic E-state index is 12.8. The van der Waals surface area contributed by atoms with Gasteiger partial charge in [-0.2, -0.15) is 5.26 Å². The van der Waals surface area contributed by atoms with Crippen LogP contribution in [-0.4, -0.2) is 44.9 Å². The van der Waals surface area contributed by atoms with Crippen molar-refractivity contribution in [1.29, 1.82) is 5.26 Å². The molecule has 1 saturated heterocycles. The van der Waals surface area contributed by atoms with Crippen LogP contribution in [0.25, 0.3) is 5.57 Å². The molecular formula is C26H31N5O3. The van der Waals surface area contributed by atoms with E-state index < -0.39 is 11.5 Å². The van der Waals surface area contributed by atoms with Gasteiger partial charge in [-0.05, 0) is 60.8 Å². The number of hydrogen-bond donors (Lipinski definition) is 3. The third-order valence-corrected chi connectivity index (χ3v) is 7.07. The molecule has 8 nitrogen and oxygen atoms in total. The van der Waals surface area contributed by atoms with Crippen molar-refractivity contribution in [3.05, 3.63) is 53.1 Å². The SMILES string of the molecule is CC(=O)N1CCC(O)(c2ccc(NC(=O)c3ncc(C#N)[nH]3)c(C3=CCC(C)(C)CC3)c2)CC1. The van der Waals surface area contributed by atoms with Crippen molar-refractivity contribution in [2.75, 3.05) is 18.4 Å². The van der Waals surface area contributed by atoms with Gasteiger partial charge in [0.2, 0.25) is 5.91 Å². The number of nitrogens with one attached hydrogen (secondary N) is 2. The van der Waals surface area contributed by atoms with E-state index in [1.165, 1.54) is 6.20 Å². The molecule has 4 rings (SSSR count). The molecule has 1 aliphatic heterocycles. The molecule has 0 atom stereocenters. The second-order valence-corrected chi connectivity index (χ2v) is 10.1. The number of aromatic amines is 1. The number of H-pyrrole nitrogens is 1. The van der Waals surface area contributed by atoms with E-state index in [0.29, 0.717) is 31.6 Å². The molecule has 3 N–H and O–H groups in total. The Balaban J connectivity index is 1.66. The topological polar surface area (TPSA) is 122 Å². The predicted molar refractivity (Wildman–Crippen MR) is 129 cm³/mol. The summed E-state index contributed by atoms with van der Waals surface area (Å²) in [6.45, 7) is 7.06. The molecule has 0 spiro atoms. The Morgan fingerprint density at radius 1 is 1.24 bits per heavy atom. The summed E-state index contributed by atoms with van der Waals surface area (Å²) in [6, 6.07) is 7.59. The molecule has 0 radical (unpaired) electrons. The maximum Gasteiger partial charge on any atom is 0.291 e. The van der Waals surface area contributed by atoms with Crippen molar-refractivity contribution in [2.24, 2.45) is 5.41 Å². The summed E-state index contributed by atoms with van der Waals surface area (Å²) < 4.78 is 0. The van der Waals surface area contributed by atoms with E-state index in [1.54, 1.807) is 11.8 Å². The van der Waals surface area contributed by atoms with Crippen LogP contribution in [0, 0.1) is 16.7 Å².